The van der Waals surface area contributed by atoms with Gasteiger partial charge in [0.15, 0.2) is 4.80 Å². The standard InChI is InChI=1S/C16H20N2O3S/c1-20-9-8-18-13-7-6-12(21-2)10-14(13)22-16(18)17-15(19)11-4-3-5-11/h6-7,10-11H,3-5,8-9H2,1-2H3. The van der Waals surface area contributed by atoms with E-state index >= 15 is 0 Å². The third-order valence-corrected chi connectivity index (χ3v) is 5.11. The van der Waals surface area contributed by atoms with Crippen LogP contribution in [0.5, 0.6) is 5.75 Å². The zero-order valence-corrected chi connectivity index (χ0v) is 13.7. The second kappa shape index (κ2) is 6.62. The van der Waals surface area contributed by atoms with Crippen molar-refractivity contribution in [3.63, 3.8) is 0 Å². The average Bonchev–Trinajstić information content (AvgIpc) is 2.79. The molecule has 1 aromatic heterocycles. The molecule has 1 saturated carbocycles. The van der Waals surface area contributed by atoms with Crippen molar-refractivity contribution in [2.24, 2.45) is 10.9 Å². The molecular formula is C16H20N2O3S. The summed E-state index contributed by atoms with van der Waals surface area (Å²) in [6.07, 6.45) is 3.08. The number of rotatable bonds is 5. The first-order valence-corrected chi connectivity index (χ1v) is 8.29. The van der Waals surface area contributed by atoms with Gasteiger partial charge in [0.1, 0.15) is 5.75 Å². The molecule has 118 valence electrons. The maximum atomic E-state index is 12.2. The Balaban J connectivity index is 2.05. The Kier molecular flexibility index (Phi) is 4.59. The predicted octanol–water partition coefficient (Wildman–Crippen LogP) is 2.59. The molecule has 2 aromatic rings. The molecule has 0 unspecified atom stereocenters. The number of carbonyl (C=O) groups excluding carboxylic acids is 1. The maximum absolute atomic E-state index is 12.2. The van der Waals surface area contributed by atoms with Gasteiger partial charge in [-0.05, 0) is 31.0 Å². The van der Waals surface area contributed by atoms with Gasteiger partial charge in [0, 0.05) is 19.6 Å². The number of fused-ring (bicyclic) bond motifs is 1. The largest absolute Gasteiger partial charge is 0.497 e. The van der Waals surface area contributed by atoms with Crippen LogP contribution in [0.2, 0.25) is 0 Å². The quantitative estimate of drug-likeness (QED) is 0.851. The average molecular weight is 320 g/mol. The molecular weight excluding hydrogens is 300 g/mol. The topological polar surface area (TPSA) is 52.8 Å². The molecule has 1 aromatic carbocycles. The van der Waals surface area contributed by atoms with Crippen LogP contribution < -0.4 is 9.54 Å². The Morgan fingerprint density at radius 2 is 2.23 bits per heavy atom. The molecule has 0 radical (unpaired) electrons. The highest BCUT2D eigenvalue weighted by Gasteiger charge is 2.25. The van der Waals surface area contributed by atoms with Gasteiger partial charge in [-0.15, -0.1) is 0 Å². The summed E-state index contributed by atoms with van der Waals surface area (Å²) in [7, 11) is 3.33. The van der Waals surface area contributed by atoms with Gasteiger partial charge in [0.2, 0.25) is 0 Å². The molecule has 0 spiro atoms. The van der Waals surface area contributed by atoms with E-state index in [1.807, 2.05) is 18.2 Å². The van der Waals surface area contributed by atoms with E-state index in [9.17, 15) is 4.79 Å². The van der Waals surface area contributed by atoms with Crippen molar-refractivity contribution in [1.82, 2.24) is 4.57 Å². The van der Waals surface area contributed by atoms with Crippen LogP contribution in [-0.2, 0) is 16.1 Å². The van der Waals surface area contributed by atoms with Crippen molar-refractivity contribution >= 4 is 27.5 Å². The molecule has 0 atom stereocenters. The Bertz CT molecular complexity index is 743. The lowest BCUT2D eigenvalue weighted by molar-refractivity contribution is -0.124. The van der Waals surface area contributed by atoms with Crippen LogP contribution in [0.1, 0.15) is 19.3 Å². The molecule has 0 bridgehead atoms. The number of aromatic nitrogens is 1. The van der Waals surface area contributed by atoms with Crippen LogP contribution in [0, 0.1) is 5.92 Å². The molecule has 3 rings (SSSR count). The monoisotopic (exact) mass is 320 g/mol. The molecule has 1 aliphatic carbocycles. The Morgan fingerprint density at radius 3 is 2.86 bits per heavy atom. The van der Waals surface area contributed by atoms with Gasteiger partial charge in [-0.25, -0.2) is 0 Å². The summed E-state index contributed by atoms with van der Waals surface area (Å²) in [5.74, 6) is 0.941. The lowest BCUT2D eigenvalue weighted by Crippen LogP contribution is -2.25. The van der Waals surface area contributed by atoms with Gasteiger partial charge >= 0.3 is 0 Å². The van der Waals surface area contributed by atoms with Crippen LogP contribution in [0.15, 0.2) is 23.2 Å². The van der Waals surface area contributed by atoms with Crippen molar-refractivity contribution in [2.75, 3.05) is 20.8 Å². The summed E-state index contributed by atoms with van der Waals surface area (Å²) in [5.41, 5.74) is 1.06. The van der Waals surface area contributed by atoms with Crippen molar-refractivity contribution in [1.29, 1.82) is 0 Å². The molecule has 1 heterocycles. The predicted molar refractivity (Wildman–Crippen MR) is 86.2 cm³/mol. The SMILES string of the molecule is COCCn1c(=NC(=O)C2CCC2)sc2cc(OC)ccc21. The third-order valence-electron chi connectivity index (χ3n) is 4.07. The summed E-state index contributed by atoms with van der Waals surface area (Å²) in [5, 5.41) is 0. The van der Waals surface area contributed by atoms with Gasteiger partial charge in [-0.2, -0.15) is 4.99 Å². The zero-order valence-electron chi connectivity index (χ0n) is 12.9. The number of amides is 1. The van der Waals surface area contributed by atoms with Gasteiger partial charge in [-0.1, -0.05) is 17.8 Å². The molecule has 0 N–H and O–H groups in total. The fraction of sp³-hybridized carbons (Fsp3) is 0.500. The minimum Gasteiger partial charge on any atom is -0.497 e. The van der Waals surface area contributed by atoms with E-state index in [0.717, 1.165) is 40.0 Å². The second-order valence-corrected chi connectivity index (χ2v) is 6.45. The first-order chi connectivity index (χ1) is 10.7. The van der Waals surface area contributed by atoms with E-state index in [0.29, 0.717) is 13.2 Å². The highest BCUT2D eigenvalue weighted by Crippen LogP contribution is 2.28. The summed E-state index contributed by atoms with van der Waals surface area (Å²) in [6, 6.07) is 5.92. The number of methoxy groups -OCH3 is 2. The first-order valence-electron chi connectivity index (χ1n) is 7.48. The van der Waals surface area contributed by atoms with E-state index < -0.39 is 0 Å². The summed E-state index contributed by atoms with van der Waals surface area (Å²) >= 11 is 1.52. The Morgan fingerprint density at radius 1 is 1.41 bits per heavy atom. The number of nitrogens with zero attached hydrogens (tertiary/aromatic N) is 2. The van der Waals surface area contributed by atoms with E-state index in [4.69, 9.17) is 9.47 Å². The summed E-state index contributed by atoms with van der Waals surface area (Å²) in [6.45, 7) is 1.27. The number of ether oxygens (including phenoxy) is 2. The van der Waals surface area contributed by atoms with Crippen LogP contribution in [0.25, 0.3) is 10.2 Å². The van der Waals surface area contributed by atoms with E-state index in [1.165, 1.54) is 11.3 Å². The third kappa shape index (κ3) is 2.94. The molecule has 1 amide bonds. The fourth-order valence-corrected chi connectivity index (χ4v) is 3.60. The molecule has 6 heteroatoms. The number of thiazole rings is 1. The molecule has 5 nitrogen and oxygen atoms in total. The van der Waals surface area contributed by atoms with Crippen LogP contribution in [0.3, 0.4) is 0 Å². The number of carbonyl (C=O) groups is 1. The lowest BCUT2D eigenvalue weighted by Gasteiger charge is -2.20. The molecule has 0 saturated heterocycles. The van der Waals surface area contributed by atoms with Gasteiger partial charge in [0.25, 0.3) is 5.91 Å². The van der Waals surface area contributed by atoms with Crippen LogP contribution >= 0.6 is 11.3 Å². The Hall–Kier alpha value is -1.66. The molecule has 0 aliphatic heterocycles. The fourth-order valence-electron chi connectivity index (χ4n) is 2.51. The number of hydrogen-bond donors (Lipinski definition) is 0. The second-order valence-electron chi connectivity index (χ2n) is 5.44. The molecule has 1 aliphatic rings. The van der Waals surface area contributed by atoms with Crippen LogP contribution in [-0.4, -0.2) is 31.3 Å². The minimum absolute atomic E-state index is 0.0101. The van der Waals surface area contributed by atoms with E-state index in [1.54, 1.807) is 14.2 Å². The number of benzene rings is 1. The smallest absolute Gasteiger partial charge is 0.251 e. The van der Waals surface area contributed by atoms with E-state index in [2.05, 4.69) is 9.56 Å². The maximum Gasteiger partial charge on any atom is 0.251 e. The normalized spacial score (nSPS) is 16.0. The zero-order chi connectivity index (χ0) is 15.5. The van der Waals surface area contributed by atoms with Crippen molar-refractivity contribution in [3.05, 3.63) is 23.0 Å². The molecule has 22 heavy (non-hydrogen) atoms. The minimum atomic E-state index is 0.0101. The first kappa shape index (κ1) is 15.2. The van der Waals surface area contributed by atoms with Gasteiger partial charge in [-0.3, -0.25) is 4.79 Å². The van der Waals surface area contributed by atoms with Gasteiger partial charge in [0.05, 0.1) is 23.9 Å². The van der Waals surface area contributed by atoms with Crippen molar-refractivity contribution < 1.29 is 14.3 Å². The summed E-state index contributed by atoms with van der Waals surface area (Å²) in [4.78, 5) is 17.3. The van der Waals surface area contributed by atoms with E-state index in [-0.39, 0.29) is 11.8 Å². The summed E-state index contributed by atoms with van der Waals surface area (Å²) < 4.78 is 13.6. The Labute approximate surface area is 133 Å². The van der Waals surface area contributed by atoms with Gasteiger partial charge < -0.3 is 14.0 Å². The number of hydrogen-bond acceptors (Lipinski definition) is 4. The van der Waals surface area contributed by atoms with Crippen molar-refractivity contribution in [2.45, 2.75) is 25.8 Å². The highest BCUT2D eigenvalue weighted by molar-refractivity contribution is 7.16. The van der Waals surface area contributed by atoms with Crippen LogP contribution in [0.4, 0.5) is 0 Å². The molecule has 1 fully saturated rings. The highest BCUT2D eigenvalue weighted by atomic mass is 32.1. The lowest BCUT2D eigenvalue weighted by atomic mass is 9.85. The van der Waals surface area contributed by atoms with Crippen molar-refractivity contribution in [3.8, 4) is 5.75 Å².